The lowest BCUT2D eigenvalue weighted by Gasteiger charge is -2.31. The van der Waals surface area contributed by atoms with E-state index < -0.39 is 12.0 Å². The van der Waals surface area contributed by atoms with Crippen LogP contribution in [-0.2, 0) is 4.79 Å². The van der Waals surface area contributed by atoms with Gasteiger partial charge >= 0.3 is 12.0 Å². The molecule has 1 saturated heterocycles. The summed E-state index contributed by atoms with van der Waals surface area (Å²) >= 11 is 1.55. The van der Waals surface area contributed by atoms with Gasteiger partial charge < -0.3 is 14.9 Å². The normalized spacial score (nSPS) is 22.4. The second-order valence-corrected chi connectivity index (χ2v) is 6.53. The van der Waals surface area contributed by atoms with E-state index in [0.29, 0.717) is 12.3 Å². The van der Waals surface area contributed by atoms with E-state index in [-0.39, 0.29) is 11.4 Å². The van der Waals surface area contributed by atoms with Crippen LogP contribution in [0.25, 0.3) is 0 Å². The lowest BCUT2D eigenvalue weighted by Crippen LogP contribution is -2.50. The highest BCUT2D eigenvalue weighted by molar-refractivity contribution is 8.00. The van der Waals surface area contributed by atoms with Crippen molar-refractivity contribution >= 4 is 23.8 Å². The van der Waals surface area contributed by atoms with Crippen molar-refractivity contribution in [3.8, 4) is 0 Å². The third-order valence-corrected chi connectivity index (χ3v) is 4.83. The third-order valence-electron chi connectivity index (χ3n) is 3.37. The zero-order chi connectivity index (χ0) is 15.3. The summed E-state index contributed by atoms with van der Waals surface area (Å²) in [6.45, 7) is 3.53. The van der Waals surface area contributed by atoms with Crippen LogP contribution in [0.5, 0.6) is 0 Å². The lowest BCUT2D eigenvalue weighted by molar-refractivity contribution is -0.141. The van der Waals surface area contributed by atoms with Crippen molar-refractivity contribution in [2.45, 2.75) is 31.2 Å². The molecule has 0 bridgehead atoms. The molecule has 1 aliphatic rings. The summed E-state index contributed by atoms with van der Waals surface area (Å²) in [5.74, 6) is -0.436. The first-order valence-electron chi connectivity index (χ1n) is 6.91. The van der Waals surface area contributed by atoms with Gasteiger partial charge in [-0.1, -0.05) is 6.92 Å². The van der Waals surface area contributed by atoms with Gasteiger partial charge in [0, 0.05) is 19.3 Å². The first-order chi connectivity index (χ1) is 9.38. The molecule has 2 unspecified atom stereocenters. The zero-order valence-electron chi connectivity index (χ0n) is 12.7. The highest BCUT2D eigenvalue weighted by atomic mass is 32.2. The first kappa shape index (κ1) is 17.1. The van der Waals surface area contributed by atoms with Gasteiger partial charge in [-0.15, -0.1) is 11.8 Å². The maximum atomic E-state index is 12.5. The highest BCUT2D eigenvalue weighted by Gasteiger charge is 2.41. The number of amides is 2. The maximum absolute atomic E-state index is 12.5. The standard InChI is InChI=1S/C13H25N3O3S/c1-5-11-16(10(9-20-11)12(17)18)13(19)15(4)8-6-7-14(2)3/h10-11H,5-9H2,1-4H3,(H,17,18). The number of carbonyl (C=O) groups excluding carboxylic acids is 1. The molecular weight excluding hydrogens is 278 g/mol. The number of urea groups is 1. The Morgan fingerprint density at radius 1 is 1.30 bits per heavy atom. The number of rotatable bonds is 6. The molecule has 0 aromatic rings. The SMILES string of the molecule is CCC1SCC(C(=O)O)N1C(=O)N(C)CCCN(C)C. The van der Waals surface area contributed by atoms with Crippen molar-refractivity contribution in [2.24, 2.45) is 0 Å². The average Bonchev–Trinajstić information content (AvgIpc) is 2.80. The van der Waals surface area contributed by atoms with Gasteiger partial charge in [-0.05, 0) is 33.5 Å². The Morgan fingerprint density at radius 2 is 1.95 bits per heavy atom. The number of carbonyl (C=O) groups is 2. The van der Waals surface area contributed by atoms with Gasteiger partial charge in [0.05, 0.1) is 5.37 Å². The first-order valence-corrected chi connectivity index (χ1v) is 7.95. The molecule has 0 aromatic heterocycles. The molecule has 1 heterocycles. The molecule has 7 heteroatoms. The van der Waals surface area contributed by atoms with Crippen molar-refractivity contribution in [3.63, 3.8) is 0 Å². The molecule has 0 radical (unpaired) electrons. The third kappa shape index (κ3) is 4.28. The number of hydrogen-bond acceptors (Lipinski definition) is 4. The molecule has 0 spiro atoms. The molecule has 20 heavy (non-hydrogen) atoms. The lowest BCUT2D eigenvalue weighted by atomic mass is 10.2. The van der Waals surface area contributed by atoms with E-state index >= 15 is 0 Å². The van der Waals surface area contributed by atoms with E-state index in [1.807, 2.05) is 21.0 Å². The van der Waals surface area contributed by atoms with Crippen LogP contribution in [-0.4, -0.2) is 83.2 Å². The topological polar surface area (TPSA) is 64.1 Å². The second-order valence-electron chi connectivity index (χ2n) is 5.32. The van der Waals surface area contributed by atoms with Crippen molar-refractivity contribution < 1.29 is 14.7 Å². The summed E-state index contributed by atoms with van der Waals surface area (Å²) in [6, 6.07) is -0.873. The van der Waals surface area contributed by atoms with E-state index in [1.54, 1.807) is 23.7 Å². The summed E-state index contributed by atoms with van der Waals surface area (Å²) in [5, 5.41) is 9.22. The van der Waals surface area contributed by atoms with Crippen LogP contribution < -0.4 is 0 Å². The van der Waals surface area contributed by atoms with Crippen molar-refractivity contribution in [3.05, 3.63) is 0 Å². The molecule has 116 valence electrons. The van der Waals surface area contributed by atoms with Crippen LogP contribution >= 0.6 is 11.8 Å². The Morgan fingerprint density at radius 3 is 2.45 bits per heavy atom. The van der Waals surface area contributed by atoms with Gasteiger partial charge in [-0.2, -0.15) is 0 Å². The summed E-state index contributed by atoms with van der Waals surface area (Å²) < 4.78 is 0. The fraction of sp³-hybridized carbons (Fsp3) is 0.846. The van der Waals surface area contributed by atoms with Crippen LogP contribution in [0, 0.1) is 0 Å². The summed E-state index contributed by atoms with van der Waals surface area (Å²) in [4.78, 5) is 29.0. The van der Waals surface area contributed by atoms with Gasteiger partial charge in [-0.25, -0.2) is 9.59 Å². The Labute approximate surface area is 125 Å². The number of carboxylic acids is 1. The molecule has 0 saturated carbocycles. The number of carboxylic acid groups (broad SMARTS) is 1. The van der Waals surface area contributed by atoms with E-state index in [4.69, 9.17) is 0 Å². The molecule has 1 rings (SSSR count). The summed E-state index contributed by atoms with van der Waals surface area (Å²) in [5.41, 5.74) is 0. The van der Waals surface area contributed by atoms with Crippen molar-refractivity contribution in [1.82, 2.24) is 14.7 Å². The molecule has 1 N–H and O–H groups in total. The fourth-order valence-electron chi connectivity index (χ4n) is 2.24. The van der Waals surface area contributed by atoms with Gasteiger partial charge in [-0.3, -0.25) is 4.90 Å². The minimum Gasteiger partial charge on any atom is -0.480 e. The quantitative estimate of drug-likeness (QED) is 0.799. The van der Waals surface area contributed by atoms with Gasteiger partial charge in [0.25, 0.3) is 0 Å². The average molecular weight is 303 g/mol. The summed E-state index contributed by atoms with van der Waals surface area (Å²) in [6.07, 6.45) is 1.65. The van der Waals surface area contributed by atoms with E-state index in [1.165, 1.54) is 4.90 Å². The minimum absolute atomic E-state index is 0.0279. The molecule has 0 aromatic carbocycles. The fourth-order valence-corrected chi connectivity index (χ4v) is 3.58. The Bertz CT molecular complexity index is 352. The van der Waals surface area contributed by atoms with Gasteiger partial charge in [0.2, 0.25) is 0 Å². The smallest absolute Gasteiger partial charge is 0.327 e. The van der Waals surface area contributed by atoms with E-state index in [2.05, 4.69) is 4.90 Å². The number of thioether (sulfide) groups is 1. The maximum Gasteiger partial charge on any atom is 0.327 e. The van der Waals surface area contributed by atoms with Crippen LogP contribution in [0.3, 0.4) is 0 Å². The number of nitrogens with zero attached hydrogens (tertiary/aromatic N) is 3. The molecule has 1 fully saturated rings. The van der Waals surface area contributed by atoms with Crippen molar-refractivity contribution in [1.29, 1.82) is 0 Å². The molecule has 2 amide bonds. The Kier molecular flexibility index (Phi) is 6.61. The molecule has 6 nitrogen and oxygen atoms in total. The molecular formula is C13H25N3O3S. The second kappa shape index (κ2) is 7.73. The van der Waals surface area contributed by atoms with Crippen LogP contribution in [0.1, 0.15) is 19.8 Å². The molecule has 1 aliphatic heterocycles. The zero-order valence-corrected chi connectivity index (χ0v) is 13.5. The molecule has 2 atom stereocenters. The minimum atomic E-state index is -0.913. The van der Waals surface area contributed by atoms with Crippen LogP contribution in [0.2, 0.25) is 0 Å². The van der Waals surface area contributed by atoms with Crippen LogP contribution in [0.4, 0.5) is 4.79 Å². The predicted molar refractivity (Wildman–Crippen MR) is 81.0 cm³/mol. The van der Waals surface area contributed by atoms with E-state index in [9.17, 15) is 14.7 Å². The van der Waals surface area contributed by atoms with Crippen LogP contribution in [0.15, 0.2) is 0 Å². The highest BCUT2D eigenvalue weighted by Crippen LogP contribution is 2.32. The number of aliphatic carboxylic acids is 1. The largest absolute Gasteiger partial charge is 0.480 e. The summed E-state index contributed by atoms with van der Waals surface area (Å²) in [7, 11) is 5.73. The Hall–Kier alpha value is -0.950. The Balaban J connectivity index is 2.63. The van der Waals surface area contributed by atoms with Gasteiger partial charge in [0.15, 0.2) is 0 Å². The monoisotopic (exact) mass is 303 g/mol. The molecule has 0 aliphatic carbocycles. The van der Waals surface area contributed by atoms with E-state index in [0.717, 1.165) is 19.4 Å². The van der Waals surface area contributed by atoms with Crippen molar-refractivity contribution in [2.75, 3.05) is 40.0 Å². The predicted octanol–water partition coefficient (Wildman–Crippen LogP) is 1.23. The number of hydrogen-bond donors (Lipinski definition) is 1. The van der Waals surface area contributed by atoms with Gasteiger partial charge in [0.1, 0.15) is 6.04 Å².